The van der Waals surface area contributed by atoms with Crippen molar-refractivity contribution in [3.63, 3.8) is 0 Å². The molecule has 0 aromatic rings. The van der Waals surface area contributed by atoms with Gasteiger partial charge in [-0.05, 0) is 6.42 Å². The molecule has 0 saturated heterocycles. The summed E-state index contributed by atoms with van der Waals surface area (Å²) in [5, 5.41) is 7.72. The van der Waals surface area contributed by atoms with E-state index in [2.05, 4.69) is 11.1 Å². The first-order chi connectivity index (χ1) is 8.04. The standard InChI is InChI=1S/C8H17O3S.C3H6O2.Na/c1-2-3-4-5-6-7-8-11-12(9)10;1-2-3(4)5;/h2-8H2,1H3;2H2,1H3,(H,4,5);/q-1;;+1. The quantitative estimate of drug-likeness (QED) is 0.369. The molecule has 0 atom stereocenters. The summed E-state index contributed by atoms with van der Waals surface area (Å²) in [6.45, 7) is 4.11. The Morgan fingerprint density at radius 2 is 1.50 bits per heavy atom. The van der Waals surface area contributed by atoms with Gasteiger partial charge in [-0.3, -0.25) is 4.79 Å². The molecule has 0 fully saturated rings. The Bertz CT molecular complexity index is 236. The van der Waals surface area contributed by atoms with Gasteiger partial charge in [0.1, 0.15) is 0 Å². The summed E-state index contributed by atoms with van der Waals surface area (Å²) in [6.07, 6.45) is 7.07. The van der Waals surface area contributed by atoms with Gasteiger partial charge in [-0.1, -0.05) is 46.0 Å². The van der Waals surface area contributed by atoms with Crippen molar-refractivity contribution in [3.05, 3.63) is 0 Å². The first-order valence-corrected chi connectivity index (χ1v) is 6.98. The van der Waals surface area contributed by atoms with Crippen LogP contribution in [0.5, 0.6) is 0 Å². The van der Waals surface area contributed by atoms with Gasteiger partial charge in [-0.25, -0.2) is 0 Å². The van der Waals surface area contributed by atoms with Crippen LogP contribution in [0.2, 0.25) is 0 Å². The Morgan fingerprint density at radius 1 is 1.06 bits per heavy atom. The Hall–Kier alpha value is 0.380. The zero-order valence-electron chi connectivity index (χ0n) is 11.6. The molecule has 104 valence electrons. The zero-order valence-corrected chi connectivity index (χ0v) is 14.5. The maximum Gasteiger partial charge on any atom is 1.00 e. The molecule has 0 heterocycles. The summed E-state index contributed by atoms with van der Waals surface area (Å²) in [7, 11) is -2.32. The number of unbranched alkanes of at least 4 members (excludes halogenated alkanes) is 5. The summed E-state index contributed by atoms with van der Waals surface area (Å²) < 4.78 is 24.2. The van der Waals surface area contributed by atoms with Crippen LogP contribution in [0, 0.1) is 0 Å². The minimum absolute atomic E-state index is 0. The van der Waals surface area contributed by atoms with E-state index in [0.29, 0.717) is 6.61 Å². The molecule has 0 aliphatic rings. The average molecular weight is 290 g/mol. The van der Waals surface area contributed by atoms with Gasteiger partial charge >= 0.3 is 35.5 Å². The molecule has 0 rings (SSSR count). The molecule has 5 nitrogen and oxygen atoms in total. The molecule has 0 spiro atoms. The smallest absolute Gasteiger partial charge is 0.481 e. The topological polar surface area (TPSA) is 80.7 Å². The fourth-order valence-corrected chi connectivity index (χ4v) is 1.26. The number of hydrogen-bond donors (Lipinski definition) is 1. The van der Waals surface area contributed by atoms with E-state index >= 15 is 0 Å². The maximum absolute atomic E-state index is 9.91. The average Bonchev–Trinajstić information content (AvgIpc) is 2.28. The molecule has 0 saturated carbocycles. The monoisotopic (exact) mass is 290 g/mol. The predicted octanol–water partition coefficient (Wildman–Crippen LogP) is 0.0728. The van der Waals surface area contributed by atoms with Crippen LogP contribution in [-0.2, 0) is 28.4 Å². The summed E-state index contributed by atoms with van der Waals surface area (Å²) in [4.78, 5) is 9.37. The molecule has 0 aliphatic heterocycles. The molecule has 0 aromatic carbocycles. The Balaban J connectivity index is -0.000000321. The molecule has 7 heteroatoms. The van der Waals surface area contributed by atoms with E-state index in [9.17, 15) is 13.2 Å². The molecule has 1 N–H and O–H groups in total. The van der Waals surface area contributed by atoms with E-state index in [1.165, 1.54) is 25.7 Å². The third-order valence-corrected chi connectivity index (χ3v) is 2.34. The van der Waals surface area contributed by atoms with Crippen LogP contribution in [0.25, 0.3) is 0 Å². The Labute approximate surface area is 134 Å². The first-order valence-electron chi connectivity index (χ1n) is 5.98. The van der Waals surface area contributed by atoms with Gasteiger partial charge in [-0.15, -0.1) is 0 Å². The summed E-state index contributed by atoms with van der Waals surface area (Å²) in [6, 6.07) is 0. The van der Waals surface area contributed by atoms with Crippen LogP contribution in [0.3, 0.4) is 0 Å². The molecule has 0 amide bonds. The van der Waals surface area contributed by atoms with E-state index in [1.54, 1.807) is 6.92 Å². The number of aliphatic carboxylic acids is 1. The number of carboxylic acid groups (broad SMARTS) is 1. The Morgan fingerprint density at radius 3 is 1.89 bits per heavy atom. The van der Waals surface area contributed by atoms with Crippen LogP contribution < -0.4 is 29.6 Å². The van der Waals surface area contributed by atoms with Gasteiger partial charge in [0.2, 0.25) is 0 Å². The molecule has 18 heavy (non-hydrogen) atoms. The minimum atomic E-state index is -2.32. The summed E-state index contributed by atoms with van der Waals surface area (Å²) in [5.41, 5.74) is 0. The van der Waals surface area contributed by atoms with Gasteiger partial charge in [0.25, 0.3) is 0 Å². The minimum Gasteiger partial charge on any atom is -0.481 e. The van der Waals surface area contributed by atoms with Crippen molar-refractivity contribution < 1.29 is 52.1 Å². The second kappa shape index (κ2) is 19.7. The van der Waals surface area contributed by atoms with Gasteiger partial charge in [0, 0.05) is 13.0 Å². The van der Waals surface area contributed by atoms with E-state index in [0.717, 1.165) is 12.8 Å². The van der Waals surface area contributed by atoms with Crippen molar-refractivity contribution in [1.29, 1.82) is 0 Å². The molecular weight excluding hydrogens is 267 g/mol. The van der Waals surface area contributed by atoms with Crippen molar-refractivity contribution in [2.45, 2.75) is 58.8 Å². The van der Waals surface area contributed by atoms with Crippen LogP contribution >= 0.6 is 0 Å². The van der Waals surface area contributed by atoms with E-state index in [1.807, 2.05) is 0 Å². The molecule has 0 bridgehead atoms. The second-order valence-corrected chi connectivity index (χ2v) is 4.19. The second-order valence-electron chi connectivity index (χ2n) is 3.54. The molecule has 0 radical (unpaired) electrons. The normalized spacial score (nSPS) is 9.28. The molecule has 0 aromatic heterocycles. The number of hydrogen-bond acceptors (Lipinski definition) is 5. The maximum atomic E-state index is 9.91. The third-order valence-electron chi connectivity index (χ3n) is 1.98. The fraction of sp³-hybridized carbons (Fsp3) is 0.909. The van der Waals surface area contributed by atoms with Crippen LogP contribution in [-0.4, -0.2) is 17.7 Å². The molecule has 0 aliphatic carbocycles. The molecule has 0 unspecified atom stereocenters. The largest absolute Gasteiger partial charge is 1.00 e. The number of rotatable bonds is 9. The summed E-state index contributed by atoms with van der Waals surface area (Å²) in [5.74, 6) is -0.745. The van der Waals surface area contributed by atoms with Crippen LogP contribution in [0.15, 0.2) is 0 Å². The van der Waals surface area contributed by atoms with E-state index in [-0.39, 0.29) is 36.0 Å². The van der Waals surface area contributed by atoms with Crippen molar-refractivity contribution in [1.82, 2.24) is 0 Å². The fourth-order valence-electron chi connectivity index (χ4n) is 1.01. The van der Waals surface area contributed by atoms with Gasteiger partial charge in [0.15, 0.2) is 0 Å². The van der Waals surface area contributed by atoms with Crippen molar-refractivity contribution in [3.8, 4) is 0 Å². The number of carbonyl (C=O) groups is 1. The number of carboxylic acids is 1. The predicted molar refractivity (Wildman–Crippen MR) is 66.0 cm³/mol. The SMILES string of the molecule is CCC(=O)O.CCCCCCCCO[S-](=O)=O.[Na+]. The van der Waals surface area contributed by atoms with Gasteiger partial charge in [0.05, 0.1) is 11.0 Å². The molecular formula is C11H23NaO5S. The summed E-state index contributed by atoms with van der Waals surface area (Å²) >= 11 is 0. The zero-order chi connectivity index (χ0) is 13.5. The van der Waals surface area contributed by atoms with Gasteiger partial charge in [-0.2, -0.15) is 0 Å². The van der Waals surface area contributed by atoms with Crippen LogP contribution in [0.1, 0.15) is 58.8 Å². The third kappa shape index (κ3) is 29.9. The van der Waals surface area contributed by atoms with E-state index in [4.69, 9.17) is 5.11 Å². The van der Waals surface area contributed by atoms with E-state index < -0.39 is 17.0 Å². The van der Waals surface area contributed by atoms with Crippen molar-refractivity contribution >= 4 is 17.0 Å². The first kappa shape index (κ1) is 23.5. The van der Waals surface area contributed by atoms with Crippen LogP contribution in [0.4, 0.5) is 0 Å². The van der Waals surface area contributed by atoms with Gasteiger partial charge < -0.3 is 17.7 Å². The Kier molecular flexibility index (Phi) is 25.7. The van der Waals surface area contributed by atoms with Crippen molar-refractivity contribution in [2.24, 2.45) is 0 Å². The van der Waals surface area contributed by atoms with Crippen molar-refractivity contribution in [2.75, 3.05) is 6.61 Å².